The van der Waals surface area contributed by atoms with E-state index in [4.69, 9.17) is 37.7 Å². The largest absolute Gasteiger partial charge is 0.492 e. The molecule has 0 amide bonds. The summed E-state index contributed by atoms with van der Waals surface area (Å²) >= 11 is 13.0. The van der Waals surface area contributed by atoms with Crippen molar-refractivity contribution in [2.45, 2.75) is 31.9 Å². The minimum atomic E-state index is -0.203. The van der Waals surface area contributed by atoms with Crippen LogP contribution in [-0.2, 0) is 6.54 Å². The number of ether oxygens (including phenoxy) is 2. The van der Waals surface area contributed by atoms with Gasteiger partial charge >= 0.3 is 0 Å². The highest BCUT2D eigenvalue weighted by molar-refractivity contribution is 6.33. The Balaban J connectivity index is 1.32. The van der Waals surface area contributed by atoms with Crippen molar-refractivity contribution in [1.29, 1.82) is 0 Å². The van der Waals surface area contributed by atoms with Crippen LogP contribution in [0.5, 0.6) is 11.6 Å². The van der Waals surface area contributed by atoms with Crippen LogP contribution in [0.15, 0.2) is 42.9 Å². The van der Waals surface area contributed by atoms with E-state index in [0.29, 0.717) is 46.2 Å². The number of nitrogens with zero attached hydrogens (tertiary/aromatic N) is 6. The maximum absolute atomic E-state index is 6.83. The lowest BCUT2D eigenvalue weighted by molar-refractivity contribution is 0.191. The lowest BCUT2D eigenvalue weighted by Crippen LogP contribution is -2.44. The van der Waals surface area contributed by atoms with E-state index in [1.165, 1.54) is 6.33 Å². The SMILES string of the molecule is CC1(Oc2ncnc3c2nc(-c2ccc(OCCN4CCNCC4)cc2Cl)n3Cc2ccnc(Cl)c2)CC1. The van der Waals surface area contributed by atoms with E-state index in [0.717, 1.165) is 62.4 Å². The second-order valence-electron chi connectivity index (χ2n) is 9.99. The van der Waals surface area contributed by atoms with Crippen LogP contribution < -0.4 is 14.8 Å². The number of hydrogen-bond acceptors (Lipinski definition) is 8. The lowest BCUT2D eigenvalue weighted by Gasteiger charge is -2.26. The van der Waals surface area contributed by atoms with E-state index < -0.39 is 0 Å². The molecule has 1 aliphatic carbocycles. The zero-order valence-corrected chi connectivity index (χ0v) is 22.7. The summed E-state index contributed by atoms with van der Waals surface area (Å²) in [6, 6.07) is 9.46. The first-order valence-electron chi connectivity index (χ1n) is 12.8. The first-order chi connectivity index (χ1) is 18.5. The Kier molecular flexibility index (Phi) is 7.09. The van der Waals surface area contributed by atoms with Crippen molar-refractivity contribution in [3.63, 3.8) is 0 Å². The van der Waals surface area contributed by atoms with Crippen LogP contribution in [0.1, 0.15) is 25.3 Å². The van der Waals surface area contributed by atoms with Gasteiger partial charge in [-0.25, -0.2) is 15.0 Å². The van der Waals surface area contributed by atoms with Crippen LogP contribution in [0.25, 0.3) is 22.6 Å². The summed E-state index contributed by atoms with van der Waals surface area (Å²) in [6.07, 6.45) is 5.18. The molecule has 2 aliphatic rings. The lowest BCUT2D eigenvalue weighted by atomic mass is 10.2. The minimum Gasteiger partial charge on any atom is -0.492 e. The number of benzene rings is 1. The van der Waals surface area contributed by atoms with Gasteiger partial charge in [0.1, 0.15) is 35.3 Å². The normalized spacial score (nSPS) is 17.0. The van der Waals surface area contributed by atoms with E-state index in [9.17, 15) is 0 Å². The first kappa shape index (κ1) is 25.3. The Hall–Kier alpha value is -2.98. The number of aromatic nitrogens is 5. The van der Waals surface area contributed by atoms with Crippen molar-refractivity contribution < 1.29 is 9.47 Å². The molecule has 0 radical (unpaired) electrons. The van der Waals surface area contributed by atoms with E-state index >= 15 is 0 Å². The molecule has 11 heteroatoms. The van der Waals surface area contributed by atoms with Gasteiger partial charge in [0.15, 0.2) is 11.2 Å². The van der Waals surface area contributed by atoms with Crippen LogP contribution in [0.3, 0.4) is 0 Å². The second kappa shape index (κ2) is 10.6. The maximum atomic E-state index is 6.83. The predicted octanol–water partition coefficient (Wildman–Crippen LogP) is 4.46. The average Bonchev–Trinajstić information content (AvgIpc) is 3.53. The molecule has 0 bridgehead atoms. The molecule has 1 aromatic carbocycles. The van der Waals surface area contributed by atoms with Crippen molar-refractivity contribution in [1.82, 2.24) is 34.7 Å². The summed E-state index contributed by atoms with van der Waals surface area (Å²) in [5, 5.41) is 4.33. The summed E-state index contributed by atoms with van der Waals surface area (Å²) in [5.41, 5.74) is 2.79. The third-order valence-corrected chi connectivity index (χ3v) is 7.51. The van der Waals surface area contributed by atoms with E-state index in [1.54, 1.807) is 6.20 Å². The molecule has 1 saturated heterocycles. The molecule has 1 N–H and O–H groups in total. The molecule has 9 nitrogen and oxygen atoms in total. The van der Waals surface area contributed by atoms with Gasteiger partial charge in [-0.15, -0.1) is 0 Å². The summed E-state index contributed by atoms with van der Waals surface area (Å²) in [6.45, 7) is 8.15. The predicted molar refractivity (Wildman–Crippen MR) is 147 cm³/mol. The monoisotopic (exact) mass is 553 g/mol. The number of hydrogen-bond donors (Lipinski definition) is 1. The molecule has 4 heterocycles. The topological polar surface area (TPSA) is 90.2 Å². The number of fused-ring (bicyclic) bond motifs is 1. The van der Waals surface area contributed by atoms with Crippen LogP contribution in [0, 0.1) is 0 Å². The van der Waals surface area contributed by atoms with Gasteiger partial charge in [0.05, 0.1) is 11.6 Å². The van der Waals surface area contributed by atoms with E-state index in [-0.39, 0.29) is 5.60 Å². The number of halogens is 2. The van der Waals surface area contributed by atoms with E-state index in [2.05, 4.69) is 32.1 Å². The molecular formula is C27H29Cl2N7O2. The number of imidazole rings is 1. The Bertz CT molecular complexity index is 1450. The molecule has 6 rings (SSSR count). The molecule has 0 atom stereocenters. The minimum absolute atomic E-state index is 0.203. The summed E-state index contributed by atoms with van der Waals surface area (Å²) in [7, 11) is 0. The molecule has 4 aromatic rings. The fourth-order valence-electron chi connectivity index (χ4n) is 4.58. The van der Waals surface area contributed by atoms with Crippen molar-refractivity contribution in [2.24, 2.45) is 0 Å². The number of nitrogens with one attached hydrogen (secondary N) is 1. The smallest absolute Gasteiger partial charge is 0.245 e. The van der Waals surface area contributed by atoms with Crippen molar-refractivity contribution >= 4 is 34.4 Å². The van der Waals surface area contributed by atoms with Crippen molar-refractivity contribution in [3.05, 3.63) is 58.6 Å². The molecule has 0 spiro atoms. The third kappa shape index (κ3) is 5.56. The Morgan fingerprint density at radius 2 is 1.89 bits per heavy atom. The quantitative estimate of drug-likeness (QED) is 0.304. The fourth-order valence-corrected chi connectivity index (χ4v) is 5.03. The molecule has 0 unspecified atom stereocenters. The molecular weight excluding hydrogens is 525 g/mol. The highest BCUT2D eigenvalue weighted by Crippen LogP contribution is 2.41. The van der Waals surface area contributed by atoms with E-state index in [1.807, 2.05) is 34.9 Å². The third-order valence-electron chi connectivity index (χ3n) is 6.99. The zero-order valence-electron chi connectivity index (χ0n) is 21.2. The number of piperazine rings is 1. The summed E-state index contributed by atoms with van der Waals surface area (Å²) in [5.74, 6) is 1.87. The molecule has 3 aromatic heterocycles. The number of pyridine rings is 1. The van der Waals surface area contributed by atoms with Crippen molar-refractivity contribution in [2.75, 3.05) is 39.3 Å². The van der Waals surface area contributed by atoms with Crippen LogP contribution in [0.2, 0.25) is 10.2 Å². The Labute approximate surface area is 231 Å². The highest BCUT2D eigenvalue weighted by atomic mass is 35.5. The Morgan fingerprint density at radius 1 is 1.05 bits per heavy atom. The molecule has 1 saturated carbocycles. The first-order valence-corrected chi connectivity index (χ1v) is 13.6. The van der Waals surface area contributed by atoms with Gasteiger partial charge in [-0.05, 0) is 55.7 Å². The van der Waals surface area contributed by atoms with Gasteiger partial charge in [-0.1, -0.05) is 23.2 Å². The van der Waals surface area contributed by atoms with Gasteiger partial charge in [-0.2, -0.15) is 4.98 Å². The van der Waals surface area contributed by atoms with Gasteiger partial charge in [-0.3, -0.25) is 4.90 Å². The number of rotatable bonds is 9. The van der Waals surface area contributed by atoms with Gasteiger partial charge in [0.2, 0.25) is 5.88 Å². The molecule has 198 valence electrons. The second-order valence-corrected chi connectivity index (χ2v) is 10.8. The van der Waals surface area contributed by atoms with Crippen LogP contribution in [0.4, 0.5) is 0 Å². The van der Waals surface area contributed by atoms with Crippen molar-refractivity contribution in [3.8, 4) is 23.0 Å². The highest BCUT2D eigenvalue weighted by Gasteiger charge is 2.41. The van der Waals surface area contributed by atoms with Crippen LogP contribution in [-0.4, -0.2) is 74.3 Å². The molecule has 38 heavy (non-hydrogen) atoms. The molecule has 1 aliphatic heterocycles. The Morgan fingerprint density at radius 3 is 2.66 bits per heavy atom. The summed E-state index contributed by atoms with van der Waals surface area (Å²) in [4.78, 5) is 20.4. The molecule has 2 fully saturated rings. The van der Waals surface area contributed by atoms with Gasteiger partial charge in [0, 0.05) is 44.5 Å². The van der Waals surface area contributed by atoms with Crippen LogP contribution >= 0.6 is 23.2 Å². The summed E-state index contributed by atoms with van der Waals surface area (Å²) < 4.78 is 14.3. The fraction of sp³-hybridized carbons (Fsp3) is 0.407. The standard InChI is InChI=1S/C27H29Cl2N7O2/c1-27(5-6-27)38-26-23-25(32-17-33-26)36(16-18-4-7-31-22(29)14-18)24(34-23)20-3-2-19(15-21(20)28)37-13-12-35-10-8-30-9-11-35/h2-4,7,14-15,17,30H,5-6,8-13,16H2,1H3. The van der Waals surface area contributed by atoms with Gasteiger partial charge in [0.25, 0.3) is 0 Å². The zero-order chi connectivity index (χ0) is 26.1. The van der Waals surface area contributed by atoms with Gasteiger partial charge < -0.3 is 19.4 Å². The average molecular weight is 554 g/mol. The maximum Gasteiger partial charge on any atom is 0.245 e.